The third-order valence-electron chi connectivity index (χ3n) is 4.88. The zero-order valence-corrected chi connectivity index (χ0v) is 15.4. The average molecular weight is 356 g/mol. The number of aryl methyl sites for hydroxylation is 3. The van der Waals surface area contributed by atoms with E-state index < -0.39 is 0 Å². The summed E-state index contributed by atoms with van der Waals surface area (Å²) in [5.74, 6) is 3.43. The predicted octanol–water partition coefficient (Wildman–Crippen LogP) is 3.33. The highest BCUT2D eigenvalue weighted by atomic mass is 32.1. The molecule has 25 heavy (non-hydrogen) atoms. The number of aromatic nitrogens is 5. The quantitative estimate of drug-likeness (QED) is 0.779. The van der Waals surface area contributed by atoms with Gasteiger partial charge in [-0.25, -0.2) is 0 Å². The van der Waals surface area contributed by atoms with Crippen molar-refractivity contribution in [1.29, 1.82) is 0 Å². The Morgan fingerprint density at radius 3 is 2.88 bits per heavy atom. The minimum Gasteiger partial charge on any atom is -0.369 e. The first-order chi connectivity index (χ1) is 12.1. The maximum Gasteiger partial charge on any atom is 0.164 e. The monoisotopic (exact) mass is 356 g/mol. The first kappa shape index (κ1) is 15.1. The van der Waals surface area contributed by atoms with Gasteiger partial charge < -0.3 is 10.1 Å². The number of nitrogens with one attached hydrogen (secondary N) is 1. The Morgan fingerprint density at radius 2 is 2.08 bits per heavy atom. The molecule has 4 heterocycles. The molecule has 0 amide bonds. The van der Waals surface area contributed by atoms with Crippen molar-refractivity contribution in [1.82, 2.24) is 24.5 Å². The standard InChI is InChI=1S/C17H20N6OS/c1-9-16(18-14-6-13(11-4-5-11)21-22(14)3)12-7-24-8-15-20-19-10(2)23(15)17(12)25-9/h6,11,18H,4-5,7-8H2,1-3H3. The molecule has 1 saturated carbocycles. The Labute approximate surface area is 149 Å². The normalized spacial score (nSPS) is 16.4. The molecule has 0 saturated heterocycles. The van der Waals surface area contributed by atoms with E-state index >= 15 is 0 Å². The lowest BCUT2D eigenvalue weighted by Crippen LogP contribution is -2.03. The molecule has 0 unspecified atom stereocenters. The van der Waals surface area contributed by atoms with Gasteiger partial charge >= 0.3 is 0 Å². The highest BCUT2D eigenvalue weighted by Gasteiger charge is 2.28. The summed E-state index contributed by atoms with van der Waals surface area (Å²) in [5.41, 5.74) is 3.47. The first-order valence-corrected chi connectivity index (χ1v) is 9.35. The van der Waals surface area contributed by atoms with Gasteiger partial charge in [-0.15, -0.1) is 21.5 Å². The number of fused-ring (bicyclic) bond motifs is 3. The van der Waals surface area contributed by atoms with Crippen molar-refractivity contribution in [2.45, 2.75) is 45.8 Å². The van der Waals surface area contributed by atoms with Gasteiger partial charge in [-0.1, -0.05) is 0 Å². The SMILES string of the molecule is Cc1sc2c(c1Nc1cc(C3CC3)nn1C)COCc1nnc(C)n1-2. The molecule has 7 nitrogen and oxygen atoms in total. The van der Waals surface area contributed by atoms with Crippen molar-refractivity contribution in [2.24, 2.45) is 7.05 Å². The molecule has 0 bridgehead atoms. The summed E-state index contributed by atoms with van der Waals surface area (Å²) < 4.78 is 9.91. The Morgan fingerprint density at radius 1 is 1.24 bits per heavy atom. The highest BCUT2D eigenvalue weighted by molar-refractivity contribution is 7.15. The minimum atomic E-state index is 0.484. The Kier molecular flexibility index (Phi) is 3.26. The predicted molar refractivity (Wildman–Crippen MR) is 95.7 cm³/mol. The summed E-state index contributed by atoms with van der Waals surface area (Å²) in [6.07, 6.45) is 2.51. The van der Waals surface area contributed by atoms with Gasteiger partial charge in [0.25, 0.3) is 0 Å². The van der Waals surface area contributed by atoms with Crippen LogP contribution in [0.5, 0.6) is 0 Å². The van der Waals surface area contributed by atoms with Gasteiger partial charge in [0.2, 0.25) is 0 Å². The zero-order chi connectivity index (χ0) is 17.1. The lowest BCUT2D eigenvalue weighted by atomic mass is 10.2. The van der Waals surface area contributed by atoms with Crippen LogP contribution in [0.4, 0.5) is 11.5 Å². The van der Waals surface area contributed by atoms with Gasteiger partial charge in [-0.3, -0.25) is 9.25 Å². The summed E-state index contributed by atoms with van der Waals surface area (Å²) in [7, 11) is 1.99. The Hall–Kier alpha value is -2.19. The molecule has 1 aliphatic heterocycles. The maximum absolute atomic E-state index is 5.86. The summed E-state index contributed by atoms with van der Waals surface area (Å²) in [6.45, 7) is 5.17. The summed E-state index contributed by atoms with van der Waals surface area (Å²) in [6, 6.07) is 2.17. The first-order valence-electron chi connectivity index (χ1n) is 8.54. The summed E-state index contributed by atoms with van der Waals surface area (Å²) >= 11 is 1.75. The van der Waals surface area contributed by atoms with E-state index in [0.717, 1.165) is 28.2 Å². The van der Waals surface area contributed by atoms with Gasteiger partial charge in [0.1, 0.15) is 23.3 Å². The minimum absolute atomic E-state index is 0.484. The fraction of sp³-hybridized carbons (Fsp3) is 0.471. The van der Waals surface area contributed by atoms with Crippen molar-refractivity contribution < 1.29 is 4.74 Å². The molecule has 3 aromatic rings. The Bertz CT molecular complexity index is 964. The van der Waals surface area contributed by atoms with Gasteiger partial charge in [0, 0.05) is 29.5 Å². The number of hydrogen-bond acceptors (Lipinski definition) is 6. The van der Waals surface area contributed by atoms with Crippen molar-refractivity contribution in [2.75, 3.05) is 5.32 Å². The van der Waals surface area contributed by atoms with E-state index in [1.54, 1.807) is 11.3 Å². The van der Waals surface area contributed by atoms with Crippen LogP contribution in [0.1, 0.15) is 46.5 Å². The van der Waals surface area contributed by atoms with Crippen LogP contribution in [0.3, 0.4) is 0 Å². The number of anilines is 2. The van der Waals surface area contributed by atoms with Gasteiger partial charge in [0.15, 0.2) is 5.82 Å². The van der Waals surface area contributed by atoms with E-state index in [4.69, 9.17) is 4.74 Å². The molecule has 2 aliphatic rings. The molecule has 3 aromatic heterocycles. The van der Waals surface area contributed by atoms with Gasteiger partial charge in [-0.2, -0.15) is 5.10 Å². The molecule has 0 aromatic carbocycles. The fourth-order valence-electron chi connectivity index (χ4n) is 3.38. The number of ether oxygens (including phenoxy) is 1. The lowest BCUT2D eigenvalue weighted by Gasteiger charge is -2.09. The number of rotatable bonds is 3. The Balaban J connectivity index is 1.57. The molecule has 1 aliphatic carbocycles. The van der Waals surface area contributed by atoms with Gasteiger partial charge in [0.05, 0.1) is 18.0 Å². The van der Waals surface area contributed by atoms with Crippen LogP contribution in [0.15, 0.2) is 6.07 Å². The summed E-state index contributed by atoms with van der Waals surface area (Å²) in [4.78, 5) is 1.23. The molecule has 130 valence electrons. The number of hydrogen-bond donors (Lipinski definition) is 1. The van der Waals surface area contributed by atoms with E-state index in [9.17, 15) is 0 Å². The zero-order valence-electron chi connectivity index (χ0n) is 14.5. The van der Waals surface area contributed by atoms with E-state index in [1.165, 1.54) is 29.0 Å². The van der Waals surface area contributed by atoms with Crippen LogP contribution in [-0.2, 0) is 25.0 Å². The molecule has 5 rings (SSSR count). The van der Waals surface area contributed by atoms with Crippen molar-refractivity contribution in [3.05, 3.63) is 33.8 Å². The average Bonchev–Trinajstić information content (AvgIpc) is 3.24. The molecule has 0 spiro atoms. The number of thiophene rings is 1. The maximum atomic E-state index is 5.86. The third-order valence-corrected chi connectivity index (χ3v) is 6.01. The molecule has 1 N–H and O–H groups in total. The number of nitrogens with zero attached hydrogens (tertiary/aromatic N) is 5. The largest absolute Gasteiger partial charge is 0.369 e. The molecular formula is C17H20N6OS. The molecule has 1 fully saturated rings. The third kappa shape index (κ3) is 2.39. The second kappa shape index (κ2) is 5.40. The topological polar surface area (TPSA) is 69.8 Å². The smallest absolute Gasteiger partial charge is 0.164 e. The van der Waals surface area contributed by atoms with Gasteiger partial charge in [-0.05, 0) is 26.7 Å². The molecule has 0 radical (unpaired) electrons. The second-order valence-corrected chi connectivity index (χ2v) is 7.99. The lowest BCUT2D eigenvalue weighted by molar-refractivity contribution is 0.105. The van der Waals surface area contributed by atoms with Crippen LogP contribution >= 0.6 is 11.3 Å². The van der Waals surface area contributed by atoms with E-state index in [2.05, 4.69) is 38.2 Å². The fourth-order valence-corrected chi connectivity index (χ4v) is 4.56. The van der Waals surface area contributed by atoms with Crippen LogP contribution in [0.2, 0.25) is 0 Å². The van der Waals surface area contributed by atoms with E-state index in [0.29, 0.717) is 19.1 Å². The van der Waals surface area contributed by atoms with Crippen LogP contribution < -0.4 is 5.32 Å². The summed E-state index contributed by atoms with van der Waals surface area (Å²) in [5, 5.41) is 17.9. The van der Waals surface area contributed by atoms with E-state index in [1.807, 2.05) is 18.7 Å². The van der Waals surface area contributed by atoms with Crippen LogP contribution in [0, 0.1) is 13.8 Å². The molecule has 0 atom stereocenters. The molecular weight excluding hydrogens is 336 g/mol. The molecule has 8 heteroatoms. The van der Waals surface area contributed by atoms with Crippen molar-refractivity contribution in [3.8, 4) is 5.00 Å². The van der Waals surface area contributed by atoms with Crippen LogP contribution in [-0.4, -0.2) is 24.5 Å². The second-order valence-electron chi connectivity index (χ2n) is 6.79. The van der Waals surface area contributed by atoms with E-state index in [-0.39, 0.29) is 0 Å². The highest BCUT2D eigenvalue weighted by Crippen LogP contribution is 2.42. The van der Waals surface area contributed by atoms with Crippen molar-refractivity contribution >= 4 is 22.8 Å². The van der Waals surface area contributed by atoms with Crippen LogP contribution in [0.25, 0.3) is 5.00 Å². The van der Waals surface area contributed by atoms with Crippen molar-refractivity contribution in [3.63, 3.8) is 0 Å².